The van der Waals surface area contributed by atoms with Crippen LogP contribution in [0.2, 0.25) is 0 Å². The van der Waals surface area contributed by atoms with Crippen LogP contribution in [-0.4, -0.2) is 12.6 Å². The molecule has 2 nitrogen and oxygen atoms in total. The Morgan fingerprint density at radius 2 is 1.68 bits per heavy atom. The first-order chi connectivity index (χ1) is 10.8. The van der Waals surface area contributed by atoms with Gasteiger partial charge < -0.3 is 4.74 Å². The number of rotatable bonds is 15. The Balaban J connectivity index is 1.76. The van der Waals surface area contributed by atoms with Crippen molar-refractivity contribution in [2.75, 3.05) is 6.61 Å². The van der Waals surface area contributed by atoms with E-state index in [1.807, 2.05) is 0 Å². The fraction of sp³-hybridized carbons (Fsp3) is 0.850. The fourth-order valence-electron chi connectivity index (χ4n) is 2.68. The lowest BCUT2D eigenvalue weighted by Crippen LogP contribution is -2.05. The van der Waals surface area contributed by atoms with E-state index in [4.69, 9.17) is 4.74 Å². The van der Waals surface area contributed by atoms with Crippen molar-refractivity contribution in [2.24, 2.45) is 5.92 Å². The third-order valence-electron chi connectivity index (χ3n) is 4.37. The SMILES string of the molecule is CCCCCC=CCCC(=O)OCCCCCCCC1CC1. The van der Waals surface area contributed by atoms with Gasteiger partial charge in [0, 0.05) is 6.42 Å². The molecule has 1 aliphatic carbocycles. The van der Waals surface area contributed by atoms with Gasteiger partial charge in [0.05, 0.1) is 6.61 Å². The van der Waals surface area contributed by atoms with E-state index in [-0.39, 0.29) is 5.97 Å². The Hall–Kier alpha value is -0.790. The van der Waals surface area contributed by atoms with Gasteiger partial charge >= 0.3 is 5.97 Å². The molecule has 0 atom stereocenters. The first-order valence-corrected chi connectivity index (χ1v) is 9.63. The van der Waals surface area contributed by atoms with Gasteiger partial charge in [-0.1, -0.05) is 76.9 Å². The van der Waals surface area contributed by atoms with Crippen molar-refractivity contribution in [3.05, 3.63) is 12.2 Å². The zero-order valence-electron chi connectivity index (χ0n) is 14.7. The summed E-state index contributed by atoms with van der Waals surface area (Å²) >= 11 is 0. The van der Waals surface area contributed by atoms with Gasteiger partial charge in [-0.05, 0) is 31.6 Å². The van der Waals surface area contributed by atoms with Crippen LogP contribution in [0.1, 0.15) is 96.8 Å². The molecule has 0 aromatic carbocycles. The van der Waals surface area contributed by atoms with Crippen LogP contribution < -0.4 is 0 Å². The second-order valence-corrected chi connectivity index (χ2v) is 6.73. The topological polar surface area (TPSA) is 26.3 Å². The zero-order valence-corrected chi connectivity index (χ0v) is 14.7. The summed E-state index contributed by atoms with van der Waals surface area (Å²) in [5.41, 5.74) is 0. The average Bonchev–Trinajstić information content (AvgIpc) is 3.33. The van der Waals surface area contributed by atoms with Crippen molar-refractivity contribution in [2.45, 2.75) is 96.8 Å². The van der Waals surface area contributed by atoms with Crippen LogP contribution in [0.5, 0.6) is 0 Å². The highest BCUT2D eigenvalue weighted by Gasteiger charge is 2.19. The van der Waals surface area contributed by atoms with Crippen LogP contribution in [0, 0.1) is 5.92 Å². The second-order valence-electron chi connectivity index (χ2n) is 6.73. The van der Waals surface area contributed by atoms with Crippen molar-refractivity contribution in [3.8, 4) is 0 Å². The first kappa shape index (κ1) is 19.3. The van der Waals surface area contributed by atoms with Crippen LogP contribution >= 0.6 is 0 Å². The molecule has 0 N–H and O–H groups in total. The maximum atomic E-state index is 11.5. The van der Waals surface area contributed by atoms with E-state index in [9.17, 15) is 4.79 Å². The number of carbonyl (C=O) groups excluding carboxylic acids is 1. The van der Waals surface area contributed by atoms with Crippen molar-refractivity contribution < 1.29 is 9.53 Å². The minimum absolute atomic E-state index is 0.0352. The van der Waals surface area contributed by atoms with Gasteiger partial charge in [0.15, 0.2) is 0 Å². The monoisotopic (exact) mass is 308 g/mol. The van der Waals surface area contributed by atoms with E-state index in [0.29, 0.717) is 13.0 Å². The highest BCUT2D eigenvalue weighted by Crippen LogP contribution is 2.34. The molecule has 2 heteroatoms. The van der Waals surface area contributed by atoms with E-state index in [0.717, 1.165) is 25.2 Å². The Kier molecular flexibility index (Phi) is 12.1. The summed E-state index contributed by atoms with van der Waals surface area (Å²) in [5.74, 6) is 1.04. The molecule has 1 fully saturated rings. The molecule has 0 spiro atoms. The molecule has 1 aliphatic rings. The van der Waals surface area contributed by atoms with E-state index < -0.39 is 0 Å². The van der Waals surface area contributed by atoms with Crippen molar-refractivity contribution in [3.63, 3.8) is 0 Å². The lowest BCUT2D eigenvalue weighted by atomic mass is 10.1. The highest BCUT2D eigenvalue weighted by atomic mass is 16.5. The largest absolute Gasteiger partial charge is 0.466 e. The van der Waals surface area contributed by atoms with Gasteiger partial charge in [-0.2, -0.15) is 0 Å². The summed E-state index contributed by atoms with van der Waals surface area (Å²) < 4.78 is 5.27. The predicted molar refractivity (Wildman–Crippen MR) is 93.9 cm³/mol. The summed E-state index contributed by atoms with van der Waals surface area (Å²) in [4.78, 5) is 11.5. The molecular weight excluding hydrogens is 272 g/mol. The number of hydrogen-bond donors (Lipinski definition) is 0. The molecule has 22 heavy (non-hydrogen) atoms. The summed E-state index contributed by atoms with van der Waals surface area (Å²) in [6.07, 6.45) is 21.3. The molecule has 0 aromatic rings. The zero-order chi connectivity index (χ0) is 15.9. The normalized spacial score (nSPS) is 14.6. The maximum Gasteiger partial charge on any atom is 0.306 e. The van der Waals surface area contributed by atoms with E-state index in [2.05, 4.69) is 19.1 Å². The Morgan fingerprint density at radius 1 is 0.955 bits per heavy atom. The average molecular weight is 309 g/mol. The van der Waals surface area contributed by atoms with E-state index in [1.54, 1.807) is 0 Å². The van der Waals surface area contributed by atoms with Gasteiger partial charge in [0.1, 0.15) is 0 Å². The molecule has 0 aromatic heterocycles. The molecule has 0 heterocycles. The molecule has 0 bridgehead atoms. The minimum Gasteiger partial charge on any atom is -0.466 e. The highest BCUT2D eigenvalue weighted by molar-refractivity contribution is 5.69. The summed E-state index contributed by atoms with van der Waals surface area (Å²) in [5, 5.41) is 0. The van der Waals surface area contributed by atoms with Crippen LogP contribution in [0.3, 0.4) is 0 Å². The second kappa shape index (κ2) is 13.8. The molecule has 0 aliphatic heterocycles. The minimum atomic E-state index is -0.0352. The Labute approximate surface area is 137 Å². The van der Waals surface area contributed by atoms with Crippen LogP contribution in [-0.2, 0) is 9.53 Å². The third kappa shape index (κ3) is 12.9. The lowest BCUT2D eigenvalue weighted by Gasteiger charge is -2.04. The quantitative estimate of drug-likeness (QED) is 0.205. The number of unbranched alkanes of at least 4 members (excludes halogenated alkanes) is 7. The van der Waals surface area contributed by atoms with Crippen molar-refractivity contribution in [1.29, 1.82) is 0 Å². The predicted octanol–water partition coefficient (Wildman–Crippen LogP) is 6.20. The fourth-order valence-corrected chi connectivity index (χ4v) is 2.68. The molecule has 0 radical (unpaired) electrons. The molecule has 0 amide bonds. The number of hydrogen-bond acceptors (Lipinski definition) is 2. The molecule has 0 unspecified atom stereocenters. The summed E-state index contributed by atoms with van der Waals surface area (Å²) in [6.45, 7) is 2.83. The van der Waals surface area contributed by atoms with E-state index in [1.165, 1.54) is 64.2 Å². The van der Waals surface area contributed by atoms with Gasteiger partial charge in [-0.3, -0.25) is 4.79 Å². The van der Waals surface area contributed by atoms with Gasteiger partial charge in [0.25, 0.3) is 0 Å². The van der Waals surface area contributed by atoms with Crippen molar-refractivity contribution >= 4 is 5.97 Å². The van der Waals surface area contributed by atoms with Crippen molar-refractivity contribution in [1.82, 2.24) is 0 Å². The molecule has 0 saturated heterocycles. The number of esters is 1. The molecule has 1 rings (SSSR count). The Bertz CT molecular complexity index is 292. The van der Waals surface area contributed by atoms with Crippen LogP contribution in [0.4, 0.5) is 0 Å². The molecular formula is C20H36O2. The standard InChI is InChI=1S/C20H36O2/c1-2-3-4-5-6-9-12-15-20(21)22-18-13-10-7-8-11-14-19-16-17-19/h6,9,19H,2-5,7-8,10-18H2,1H3. The van der Waals surface area contributed by atoms with Crippen LogP contribution in [0.25, 0.3) is 0 Å². The van der Waals surface area contributed by atoms with Gasteiger partial charge in [-0.15, -0.1) is 0 Å². The van der Waals surface area contributed by atoms with Gasteiger partial charge in [-0.25, -0.2) is 0 Å². The number of ether oxygens (including phenoxy) is 1. The summed E-state index contributed by atoms with van der Waals surface area (Å²) in [7, 11) is 0. The number of carbonyl (C=O) groups is 1. The lowest BCUT2D eigenvalue weighted by molar-refractivity contribution is -0.143. The van der Waals surface area contributed by atoms with E-state index >= 15 is 0 Å². The summed E-state index contributed by atoms with van der Waals surface area (Å²) in [6, 6.07) is 0. The smallest absolute Gasteiger partial charge is 0.306 e. The number of allylic oxidation sites excluding steroid dienone is 2. The van der Waals surface area contributed by atoms with Crippen LogP contribution in [0.15, 0.2) is 12.2 Å². The molecule has 128 valence electrons. The van der Waals surface area contributed by atoms with Gasteiger partial charge in [0.2, 0.25) is 0 Å². The maximum absolute atomic E-state index is 11.5. The first-order valence-electron chi connectivity index (χ1n) is 9.63. The third-order valence-corrected chi connectivity index (χ3v) is 4.37. The molecule has 1 saturated carbocycles. The Morgan fingerprint density at radius 3 is 2.45 bits per heavy atom.